The van der Waals surface area contributed by atoms with Crippen LogP contribution in [0.15, 0.2) is 48.5 Å². The summed E-state index contributed by atoms with van der Waals surface area (Å²) in [5.74, 6) is 2.04. The van der Waals surface area contributed by atoms with Gasteiger partial charge in [-0.1, -0.05) is 36.4 Å². The molecule has 5 rings (SSSR count). The number of nitrogens with zero attached hydrogens (tertiary/aromatic N) is 2. The summed E-state index contributed by atoms with van der Waals surface area (Å²) in [4.78, 5) is 5.29. The summed E-state index contributed by atoms with van der Waals surface area (Å²) in [6.07, 6.45) is 4.86. The lowest BCUT2D eigenvalue weighted by Gasteiger charge is -2.57. The van der Waals surface area contributed by atoms with Crippen molar-refractivity contribution in [2.45, 2.75) is 43.7 Å². The van der Waals surface area contributed by atoms with Crippen molar-refractivity contribution in [1.29, 1.82) is 0 Å². The summed E-state index contributed by atoms with van der Waals surface area (Å²) in [7, 11) is 1.71. The highest BCUT2D eigenvalue weighted by molar-refractivity contribution is 5.65. The van der Waals surface area contributed by atoms with E-state index in [1.54, 1.807) is 7.11 Å². The molecular formula is C28H38N2O3. The first-order valence-corrected chi connectivity index (χ1v) is 12.7. The third kappa shape index (κ3) is 4.97. The van der Waals surface area contributed by atoms with Crippen LogP contribution >= 0.6 is 0 Å². The molecule has 3 aliphatic heterocycles. The first kappa shape index (κ1) is 22.9. The number of benzene rings is 2. The van der Waals surface area contributed by atoms with Gasteiger partial charge in [0.1, 0.15) is 5.75 Å². The lowest BCUT2D eigenvalue weighted by Crippen LogP contribution is -2.67. The molecule has 3 saturated heterocycles. The summed E-state index contributed by atoms with van der Waals surface area (Å²) in [6, 6.07) is 18.0. The number of aliphatic hydroxyl groups excluding tert-OH is 1. The van der Waals surface area contributed by atoms with Gasteiger partial charge in [-0.05, 0) is 73.5 Å². The van der Waals surface area contributed by atoms with E-state index >= 15 is 0 Å². The fourth-order valence-electron chi connectivity index (χ4n) is 6.17. The van der Waals surface area contributed by atoms with Gasteiger partial charge in [0.15, 0.2) is 0 Å². The average molecular weight is 451 g/mol. The highest BCUT2D eigenvalue weighted by Gasteiger charge is 2.49. The number of methoxy groups -OCH3 is 1. The summed E-state index contributed by atoms with van der Waals surface area (Å²) < 4.78 is 11.0. The van der Waals surface area contributed by atoms with Crippen molar-refractivity contribution in [3.8, 4) is 16.9 Å². The molecule has 3 aliphatic rings. The van der Waals surface area contributed by atoms with Gasteiger partial charge < -0.3 is 19.5 Å². The summed E-state index contributed by atoms with van der Waals surface area (Å²) >= 11 is 0. The highest BCUT2D eigenvalue weighted by Crippen LogP contribution is 2.42. The second-order valence-corrected chi connectivity index (χ2v) is 9.96. The van der Waals surface area contributed by atoms with Gasteiger partial charge in [0.25, 0.3) is 0 Å². The molecular weight excluding hydrogens is 412 g/mol. The second kappa shape index (κ2) is 10.6. The predicted molar refractivity (Wildman–Crippen MR) is 132 cm³/mol. The normalized spacial score (nSPS) is 27.3. The number of rotatable bonds is 6. The molecule has 0 saturated carbocycles. The smallest absolute Gasteiger partial charge is 0.119 e. The molecule has 3 atom stereocenters. The molecule has 2 aromatic carbocycles. The Hall–Kier alpha value is -1.92. The molecule has 0 bridgehead atoms. The third-order valence-corrected chi connectivity index (χ3v) is 8.01. The molecule has 0 spiro atoms. The van der Waals surface area contributed by atoms with E-state index in [0.29, 0.717) is 12.0 Å². The molecule has 3 heterocycles. The van der Waals surface area contributed by atoms with Crippen molar-refractivity contribution in [3.63, 3.8) is 0 Å². The summed E-state index contributed by atoms with van der Waals surface area (Å²) in [5, 5.41) is 10.3. The molecule has 0 unspecified atom stereocenters. The van der Waals surface area contributed by atoms with E-state index in [1.807, 2.05) is 12.1 Å². The molecule has 3 fully saturated rings. The maximum Gasteiger partial charge on any atom is 0.119 e. The summed E-state index contributed by atoms with van der Waals surface area (Å²) in [6.45, 7) is 6.69. The van der Waals surface area contributed by atoms with Crippen LogP contribution < -0.4 is 4.74 Å². The lowest BCUT2D eigenvalue weighted by atomic mass is 9.74. The topological polar surface area (TPSA) is 45.2 Å². The Bertz CT molecular complexity index is 896. The number of fused-ring (bicyclic) bond motifs is 1. The number of aliphatic hydroxyl groups is 1. The molecule has 5 heteroatoms. The van der Waals surface area contributed by atoms with E-state index in [9.17, 15) is 5.11 Å². The minimum Gasteiger partial charge on any atom is -0.497 e. The minimum atomic E-state index is 0.235. The molecule has 33 heavy (non-hydrogen) atoms. The molecule has 178 valence electrons. The predicted octanol–water partition coefficient (Wildman–Crippen LogP) is 4.01. The van der Waals surface area contributed by atoms with Gasteiger partial charge in [0.2, 0.25) is 0 Å². The zero-order valence-electron chi connectivity index (χ0n) is 19.9. The van der Waals surface area contributed by atoms with Crippen LogP contribution in [0.25, 0.3) is 11.1 Å². The maximum atomic E-state index is 10.3. The van der Waals surface area contributed by atoms with Crippen LogP contribution in [0.1, 0.15) is 37.2 Å². The maximum absolute atomic E-state index is 10.3. The van der Waals surface area contributed by atoms with E-state index in [-0.39, 0.29) is 12.6 Å². The number of ether oxygens (including phenoxy) is 2. The Kier molecular flexibility index (Phi) is 7.31. The monoisotopic (exact) mass is 450 g/mol. The Morgan fingerprint density at radius 2 is 1.79 bits per heavy atom. The SMILES string of the molecule is COc1cccc(-c2ccc([C@H]3[C@H](CO)N4CCCCN(CC5CCOCC5)C[C@@H]34)cc2)c1. The molecule has 0 amide bonds. The fourth-order valence-corrected chi connectivity index (χ4v) is 6.17. The molecule has 1 N–H and O–H groups in total. The molecule has 0 aromatic heterocycles. The zero-order valence-corrected chi connectivity index (χ0v) is 19.9. The molecule has 0 radical (unpaired) electrons. The average Bonchev–Trinajstić information content (AvgIpc) is 2.85. The van der Waals surface area contributed by atoms with E-state index < -0.39 is 0 Å². The second-order valence-electron chi connectivity index (χ2n) is 9.96. The van der Waals surface area contributed by atoms with Gasteiger partial charge in [-0.15, -0.1) is 0 Å². The van der Waals surface area contributed by atoms with Crippen LogP contribution in [0.5, 0.6) is 5.75 Å². The largest absolute Gasteiger partial charge is 0.497 e. The van der Waals surface area contributed by atoms with Crippen LogP contribution in [0.4, 0.5) is 0 Å². The highest BCUT2D eigenvalue weighted by atomic mass is 16.5. The molecule has 5 nitrogen and oxygen atoms in total. The van der Waals surface area contributed by atoms with E-state index in [2.05, 4.69) is 46.2 Å². The van der Waals surface area contributed by atoms with Crippen molar-refractivity contribution >= 4 is 0 Å². The molecule has 0 aliphatic carbocycles. The lowest BCUT2D eigenvalue weighted by molar-refractivity contribution is -0.0677. The Morgan fingerprint density at radius 3 is 2.55 bits per heavy atom. The van der Waals surface area contributed by atoms with Crippen LogP contribution in [-0.4, -0.2) is 80.1 Å². The van der Waals surface area contributed by atoms with Crippen molar-refractivity contribution < 1.29 is 14.6 Å². The van der Waals surface area contributed by atoms with Crippen molar-refractivity contribution in [2.75, 3.05) is 53.1 Å². The van der Waals surface area contributed by atoms with Gasteiger partial charge in [-0.2, -0.15) is 0 Å². The van der Waals surface area contributed by atoms with Crippen LogP contribution in [0.2, 0.25) is 0 Å². The minimum absolute atomic E-state index is 0.235. The Morgan fingerprint density at radius 1 is 1.00 bits per heavy atom. The summed E-state index contributed by atoms with van der Waals surface area (Å²) in [5.41, 5.74) is 3.73. The van der Waals surface area contributed by atoms with E-state index in [0.717, 1.165) is 38.0 Å². The van der Waals surface area contributed by atoms with E-state index in [1.165, 1.54) is 55.5 Å². The standard InChI is InChI=1S/C28H38N2O3/c1-32-25-6-4-5-24(17-25)22-7-9-23(10-8-22)28-26-19-29(18-21-11-15-33-16-12-21)13-2-3-14-30(26)27(28)20-31/h4-10,17,21,26-28,31H,2-3,11-16,18-20H2,1H3/t26-,27-,28+/m0/s1. The van der Waals surface area contributed by atoms with E-state index in [4.69, 9.17) is 9.47 Å². The number of hydrogen-bond acceptors (Lipinski definition) is 5. The van der Waals surface area contributed by atoms with Crippen LogP contribution in [0, 0.1) is 5.92 Å². The van der Waals surface area contributed by atoms with Gasteiger partial charge in [0.05, 0.1) is 13.7 Å². The van der Waals surface area contributed by atoms with Gasteiger partial charge >= 0.3 is 0 Å². The number of hydrogen-bond donors (Lipinski definition) is 1. The Labute approximate surface area is 198 Å². The van der Waals surface area contributed by atoms with Gasteiger partial charge in [0, 0.05) is 44.3 Å². The zero-order chi connectivity index (χ0) is 22.6. The molecule has 2 aromatic rings. The van der Waals surface area contributed by atoms with Crippen molar-refractivity contribution in [1.82, 2.24) is 9.80 Å². The fraction of sp³-hybridized carbons (Fsp3) is 0.571. The third-order valence-electron chi connectivity index (χ3n) is 8.01. The van der Waals surface area contributed by atoms with Crippen LogP contribution in [-0.2, 0) is 4.74 Å². The van der Waals surface area contributed by atoms with Crippen LogP contribution in [0.3, 0.4) is 0 Å². The first-order chi connectivity index (χ1) is 16.3. The quantitative estimate of drug-likeness (QED) is 0.720. The van der Waals surface area contributed by atoms with Crippen molar-refractivity contribution in [2.24, 2.45) is 5.92 Å². The first-order valence-electron chi connectivity index (χ1n) is 12.7. The van der Waals surface area contributed by atoms with Gasteiger partial charge in [-0.25, -0.2) is 0 Å². The van der Waals surface area contributed by atoms with Gasteiger partial charge in [-0.3, -0.25) is 4.90 Å². The van der Waals surface area contributed by atoms with Crippen molar-refractivity contribution in [3.05, 3.63) is 54.1 Å². The Balaban J connectivity index is 1.32.